The van der Waals surface area contributed by atoms with E-state index in [4.69, 9.17) is 9.47 Å². The number of ether oxygens (including phenoxy) is 2. The minimum Gasteiger partial charge on any atom is -0.459 e. The highest BCUT2D eigenvalue weighted by Gasteiger charge is 2.72. The molecular weight excluding hydrogens is 629 g/mol. The molecule has 0 bridgehead atoms. The minimum atomic E-state index is -5.08. The highest BCUT2D eigenvalue weighted by molar-refractivity contribution is 5.86. The molecule has 8 nitrogen and oxygen atoms in total. The van der Waals surface area contributed by atoms with Crippen LogP contribution in [0.1, 0.15) is 91.5 Å². The van der Waals surface area contributed by atoms with E-state index in [0.717, 1.165) is 7.11 Å². The summed E-state index contributed by atoms with van der Waals surface area (Å²) < 4.78 is 54.1. The Kier molecular flexibility index (Phi) is 10.0. The quantitative estimate of drug-likeness (QED) is 0.257. The third-order valence-corrected chi connectivity index (χ3v) is 13.3. The first kappa shape index (κ1) is 37.2. The summed E-state index contributed by atoms with van der Waals surface area (Å²) in [5.41, 5.74) is -6.37. The van der Waals surface area contributed by atoms with Crippen molar-refractivity contribution >= 4 is 11.8 Å². The maximum absolute atomic E-state index is 14.5. The zero-order valence-corrected chi connectivity index (χ0v) is 28.9. The van der Waals surface area contributed by atoms with Crippen molar-refractivity contribution in [3.05, 3.63) is 35.9 Å². The number of esters is 1. The third kappa shape index (κ3) is 5.63. The standard InChI is InChI=1S/C37H53F3O8/c1-20(2)27(48-32(45)36(47-6,37(38,39)40)22-10-8-7-9-11-22)13-12-21(3)23-18-25(42)31-33(23,4)17-15-28-34(5)16-14-24(41)30(44)29(34)26(43)19-35(28,31)46/h7-11,20-21,23-24,26-31,41,43-44,46H,12-19H2,1-6H3/t21-,23-,24+,26?,27+,28-,29?,30+,31-,33-,34-,35+,36-/m1/s1. The molecule has 4 fully saturated rings. The molecule has 1 aromatic carbocycles. The molecule has 13 atom stereocenters. The first-order chi connectivity index (χ1) is 22.3. The number of carbonyl (C=O) groups is 2. The van der Waals surface area contributed by atoms with E-state index in [0.29, 0.717) is 32.1 Å². The first-order valence-corrected chi connectivity index (χ1v) is 17.5. The first-order valence-electron chi connectivity index (χ1n) is 17.5. The monoisotopic (exact) mass is 682 g/mol. The molecule has 0 amide bonds. The summed E-state index contributed by atoms with van der Waals surface area (Å²) in [4.78, 5) is 27.3. The second-order valence-electron chi connectivity index (χ2n) is 16.2. The van der Waals surface area contributed by atoms with Gasteiger partial charge in [0.05, 0.1) is 29.8 Å². The Morgan fingerprint density at radius 3 is 2.19 bits per heavy atom. The van der Waals surface area contributed by atoms with Gasteiger partial charge in [0.15, 0.2) is 0 Å². The van der Waals surface area contributed by atoms with Gasteiger partial charge in [-0.2, -0.15) is 13.2 Å². The largest absolute Gasteiger partial charge is 0.459 e. The van der Waals surface area contributed by atoms with Crippen LogP contribution in [-0.2, 0) is 24.7 Å². The fourth-order valence-electron chi connectivity index (χ4n) is 11.0. The molecule has 0 saturated heterocycles. The molecule has 4 N–H and O–H groups in total. The van der Waals surface area contributed by atoms with Crippen molar-refractivity contribution in [1.29, 1.82) is 0 Å². The molecule has 0 aromatic heterocycles. The average Bonchev–Trinajstić information content (AvgIpc) is 3.28. The lowest BCUT2D eigenvalue weighted by Crippen LogP contribution is -2.70. The molecule has 48 heavy (non-hydrogen) atoms. The number of aliphatic hydroxyl groups excluding tert-OH is 3. The minimum absolute atomic E-state index is 0.0535. The van der Waals surface area contributed by atoms with Crippen molar-refractivity contribution in [1.82, 2.24) is 0 Å². The maximum Gasteiger partial charge on any atom is 0.432 e. The summed E-state index contributed by atoms with van der Waals surface area (Å²) in [7, 11) is 0.844. The number of rotatable bonds is 9. The number of ketones is 1. The molecule has 4 aliphatic carbocycles. The van der Waals surface area contributed by atoms with E-state index < -0.39 is 70.4 Å². The van der Waals surface area contributed by atoms with Crippen molar-refractivity contribution in [2.75, 3.05) is 7.11 Å². The lowest BCUT2D eigenvalue weighted by atomic mass is 9.41. The number of fused-ring (bicyclic) bond motifs is 5. The van der Waals surface area contributed by atoms with E-state index >= 15 is 0 Å². The highest BCUT2D eigenvalue weighted by atomic mass is 19.4. The maximum atomic E-state index is 14.5. The number of benzene rings is 1. The Morgan fingerprint density at radius 2 is 1.60 bits per heavy atom. The lowest BCUT2D eigenvalue weighted by molar-refractivity contribution is -0.279. The van der Waals surface area contributed by atoms with Crippen LogP contribution in [-0.4, -0.2) is 75.5 Å². The second-order valence-corrected chi connectivity index (χ2v) is 16.2. The van der Waals surface area contributed by atoms with Gasteiger partial charge < -0.3 is 29.9 Å². The number of hydrogen-bond acceptors (Lipinski definition) is 8. The molecule has 0 heterocycles. The summed E-state index contributed by atoms with van der Waals surface area (Å²) in [6, 6.07) is 6.73. The summed E-state index contributed by atoms with van der Waals surface area (Å²) in [6.45, 7) is 9.57. The van der Waals surface area contributed by atoms with Crippen LogP contribution >= 0.6 is 0 Å². The second kappa shape index (κ2) is 12.9. The van der Waals surface area contributed by atoms with Crippen LogP contribution in [0.5, 0.6) is 0 Å². The average molecular weight is 683 g/mol. The molecule has 5 rings (SSSR count). The molecule has 0 radical (unpaired) electrons. The molecule has 0 aliphatic heterocycles. The van der Waals surface area contributed by atoms with Gasteiger partial charge in [-0.25, -0.2) is 4.79 Å². The van der Waals surface area contributed by atoms with E-state index in [9.17, 15) is 43.2 Å². The Labute approximate surface area is 281 Å². The van der Waals surface area contributed by atoms with Crippen LogP contribution in [0.15, 0.2) is 30.3 Å². The molecule has 4 aliphatic rings. The molecule has 4 saturated carbocycles. The summed E-state index contributed by atoms with van der Waals surface area (Å²) in [6.07, 6.45) is -6.00. The number of aliphatic hydroxyl groups is 4. The summed E-state index contributed by atoms with van der Waals surface area (Å²) >= 11 is 0. The van der Waals surface area contributed by atoms with Gasteiger partial charge in [0.2, 0.25) is 0 Å². The van der Waals surface area contributed by atoms with Gasteiger partial charge in [0.1, 0.15) is 11.9 Å². The Balaban J connectivity index is 1.34. The van der Waals surface area contributed by atoms with E-state index in [-0.39, 0.29) is 54.3 Å². The van der Waals surface area contributed by atoms with Gasteiger partial charge in [-0.3, -0.25) is 4.79 Å². The van der Waals surface area contributed by atoms with Crippen molar-refractivity contribution in [3.63, 3.8) is 0 Å². The van der Waals surface area contributed by atoms with Gasteiger partial charge in [0, 0.05) is 31.4 Å². The fraction of sp³-hybridized carbons (Fsp3) is 0.784. The zero-order valence-electron chi connectivity index (χ0n) is 28.9. The van der Waals surface area contributed by atoms with Crippen molar-refractivity contribution in [2.24, 2.45) is 46.3 Å². The van der Waals surface area contributed by atoms with E-state index in [1.165, 1.54) is 24.3 Å². The predicted octanol–water partition coefficient (Wildman–Crippen LogP) is 5.33. The topological polar surface area (TPSA) is 134 Å². The van der Waals surface area contributed by atoms with Crippen LogP contribution in [0.2, 0.25) is 0 Å². The molecule has 11 heteroatoms. The molecule has 0 spiro atoms. The summed E-state index contributed by atoms with van der Waals surface area (Å²) in [5, 5.41) is 45.1. The van der Waals surface area contributed by atoms with Gasteiger partial charge in [-0.1, -0.05) is 65.0 Å². The van der Waals surface area contributed by atoms with Gasteiger partial charge in [-0.05, 0) is 73.0 Å². The van der Waals surface area contributed by atoms with Crippen LogP contribution < -0.4 is 0 Å². The number of halogens is 3. The number of alkyl halides is 3. The van der Waals surface area contributed by atoms with Crippen molar-refractivity contribution in [3.8, 4) is 0 Å². The Morgan fingerprint density at radius 1 is 0.979 bits per heavy atom. The normalized spacial score (nSPS) is 40.7. The van der Waals surface area contributed by atoms with Gasteiger partial charge in [-0.15, -0.1) is 0 Å². The number of methoxy groups -OCH3 is 1. The van der Waals surface area contributed by atoms with E-state index in [1.54, 1.807) is 19.9 Å². The smallest absolute Gasteiger partial charge is 0.432 e. The molecule has 270 valence electrons. The number of hydrogen-bond donors (Lipinski definition) is 4. The van der Waals surface area contributed by atoms with E-state index in [1.807, 2.05) is 20.8 Å². The number of carbonyl (C=O) groups excluding carboxylic acids is 2. The molecular formula is C37H53F3O8. The van der Waals surface area contributed by atoms with Gasteiger partial charge in [0.25, 0.3) is 5.60 Å². The van der Waals surface area contributed by atoms with Crippen molar-refractivity contribution < 1.29 is 52.7 Å². The lowest BCUT2D eigenvalue weighted by Gasteiger charge is -2.65. The Bertz CT molecular complexity index is 1340. The zero-order chi connectivity index (χ0) is 35.6. The highest BCUT2D eigenvalue weighted by Crippen LogP contribution is 2.69. The van der Waals surface area contributed by atoms with Crippen LogP contribution in [0.25, 0.3) is 0 Å². The van der Waals surface area contributed by atoms with Crippen molar-refractivity contribution in [2.45, 2.75) is 128 Å². The van der Waals surface area contributed by atoms with Crippen LogP contribution in [0.4, 0.5) is 13.2 Å². The fourth-order valence-corrected chi connectivity index (χ4v) is 11.0. The summed E-state index contributed by atoms with van der Waals surface area (Å²) in [5.74, 6) is -3.76. The van der Waals surface area contributed by atoms with Crippen LogP contribution in [0, 0.1) is 46.3 Å². The van der Waals surface area contributed by atoms with E-state index in [2.05, 4.69) is 0 Å². The molecule has 1 aromatic rings. The number of Topliss-reactive ketones (excluding diaryl/α,β-unsaturated/α-hetero) is 1. The third-order valence-electron chi connectivity index (χ3n) is 13.3. The van der Waals surface area contributed by atoms with Gasteiger partial charge >= 0.3 is 12.1 Å². The molecule has 2 unspecified atom stereocenters. The SMILES string of the molecule is CO[C@@](C(=O)O[C@@H](CC[C@@H](C)[C@H]1CC(=O)[C@@H]2[C@]1(C)CC[C@H]1[C@@]2(O)CC(O)C2[C@@H](O)[C@@H](O)CC[C@@]21C)C(C)C)(c1ccccc1)C(F)(F)F. The predicted molar refractivity (Wildman–Crippen MR) is 170 cm³/mol. The Hall–Kier alpha value is -2.05. The van der Waals surface area contributed by atoms with Crippen LogP contribution in [0.3, 0.4) is 0 Å².